The number of rotatable bonds is 6. The molecule has 2 aliphatic rings. The predicted molar refractivity (Wildman–Crippen MR) is 131 cm³/mol. The number of aromatic nitrogens is 6. The fourth-order valence-electron chi connectivity index (χ4n) is 5.00. The van der Waals surface area contributed by atoms with E-state index >= 15 is 0 Å². The third kappa shape index (κ3) is 4.17. The Labute approximate surface area is 199 Å². The Morgan fingerprint density at radius 3 is 2.62 bits per heavy atom. The van der Waals surface area contributed by atoms with Gasteiger partial charge in [0.2, 0.25) is 0 Å². The van der Waals surface area contributed by atoms with E-state index in [1.54, 1.807) is 6.20 Å². The number of hydrogen-bond acceptors (Lipinski definition) is 7. The fraction of sp³-hybridized carbons (Fsp3) is 0.346. The number of nitrogens with zero attached hydrogens (tertiary/aromatic N) is 7. The smallest absolute Gasteiger partial charge is 0.133 e. The second kappa shape index (κ2) is 8.95. The lowest BCUT2D eigenvalue weighted by Crippen LogP contribution is -2.51. The number of fused-ring (bicyclic) bond motifs is 2. The molecule has 2 aliphatic heterocycles. The van der Waals surface area contributed by atoms with Crippen molar-refractivity contribution in [1.29, 1.82) is 0 Å². The van der Waals surface area contributed by atoms with Gasteiger partial charge in [0.15, 0.2) is 0 Å². The Morgan fingerprint density at radius 2 is 1.88 bits per heavy atom. The SMILES string of the molecule is CCn1cc(-c2ccnc(Cc3ccc(N4CC5CCC(C4)N5)nc3)n2)c(-c2cccnc2)n1. The van der Waals surface area contributed by atoms with E-state index in [9.17, 15) is 0 Å². The van der Waals surface area contributed by atoms with Gasteiger partial charge in [0, 0.05) is 80.2 Å². The van der Waals surface area contributed by atoms with Gasteiger partial charge in [0.25, 0.3) is 0 Å². The van der Waals surface area contributed by atoms with Crippen molar-refractivity contribution in [3.63, 3.8) is 0 Å². The van der Waals surface area contributed by atoms with E-state index in [-0.39, 0.29) is 0 Å². The molecule has 6 heterocycles. The maximum absolute atomic E-state index is 4.88. The average Bonchev–Trinajstić information content (AvgIpc) is 3.48. The van der Waals surface area contributed by atoms with Crippen molar-refractivity contribution in [2.75, 3.05) is 18.0 Å². The zero-order valence-electron chi connectivity index (χ0n) is 19.3. The first-order valence-corrected chi connectivity index (χ1v) is 12.0. The molecule has 1 N–H and O–H groups in total. The van der Waals surface area contributed by atoms with Crippen LogP contribution in [0.25, 0.3) is 22.5 Å². The van der Waals surface area contributed by atoms with Crippen LogP contribution in [-0.4, -0.2) is 54.9 Å². The second-order valence-corrected chi connectivity index (χ2v) is 9.09. The first-order valence-electron chi connectivity index (χ1n) is 12.0. The molecule has 8 heteroatoms. The van der Waals surface area contributed by atoms with Gasteiger partial charge in [-0.25, -0.2) is 15.0 Å². The van der Waals surface area contributed by atoms with E-state index in [1.165, 1.54) is 12.8 Å². The van der Waals surface area contributed by atoms with Gasteiger partial charge in [0.1, 0.15) is 17.3 Å². The first-order chi connectivity index (χ1) is 16.7. The molecule has 4 aromatic heterocycles. The van der Waals surface area contributed by atoms with Crippen LogP contribution in [0, 0.1) is 0 Å². The predicted octanol–water partition coefficient (Wildman–Crippen LogP) is 3.35. The number of pyridine rings is 2. The molecule has 0 radical (unpaired) electrons. The highest BCUT2D eigenvalue weighted by molar-refractivity contribution is 5.78. The molecule has 0 aromatic carbocycles. The van der Waals surface area contributed by atoms with Crippen LogP contribution >= 0.6 is 0 Å². The van der Waals surface area contributed by atoms with Crippen LogP contribution in [0.4, 0.5) is 5.82 Å². The Morgan fingerprint density at radius 1 is 1.00 bits per heavy atom. The second-order valence-electron chi connectivity index (χ2n) is 9.09. The summed E-state index contributed by atoms with van der Waals surface area (Å²) >= 11 is 0. The molecule has 2 bridgehead atoms. The highest BCUT2D eigenvalue weighted by Crippen LogP contribution is 2.30. The van der Waals surface area contributed by atoms with Crippen molar-refractivity contribution in [1.82, 2.24) is 35.0 Å². The van der Waals surface area contributed by atoms with Crippen LogP contribution in [0.3, 0.4) is 0 Å². The monoisotopic (exact) mass is 452 g/mol. The highest BCUT2D eigenvalue weighted by atomic mass is 15.3. The molecule has 2 atom stereocenters. The molecule has 34 heavy (non-hydrogen) atoms. The van der Waals surface area contributed by atoms with Gasteiger partial charge in [-0.3, -0.25) is 9.67 Å². The van der Waals surface area contributed by atoms with E-state index in [0.717, 1.165) is 59.4 Å². The van der Waals surface area contributed by atoms with Crippen molar-refractivity contribution in [2.24, 2.45) is 0 Å². The third-order valence-electron chi connectivity index (χ3n) is 6.71. The molecule has 6 rings (SSSR count). The molecule has 0 amide bonds. The van der Waals surface area contributed by atoms with Gasteiger partial charge >= 0.3 is 0 Å². The summed E-state index contributed by atoms with van der Waals surface area (Å²) in [4.78, 5) is 20.8. The maximum atomic E-state index is 4.88. The van der Waals surface area contributed by atoms with Gasteiger partial charge in [-0.05, 0) is 49.6 Å². The minimum atomic E-state index is 0.602. The van der Waals surface area contributed by atoms with Gasteiger partial charge in [-0.1, -0.05) is 6.07 Å². The molecule has 8 nitrogen and oxygen atoms in total. The molecule has 172 valence electrons. The number of anilines is 1. The largest absolute Gasteiger partial charge is 0.353 e. The average molecular weight is 453 g/mol. The Bertz CT molecular complexity index is 1260. The molecule has 2 unspecified atom stereocenters. The van der Waals surface area contributed by atoms with Crippen LogP contribution in [0.2, 0.25) is 0 Å². The summed E-state index contributed by atoms with van der Waals surface area (Å²) in [7, 11) is 0. The van der Waals surface area contributed by atoms with E-state index in [0.29, 0.717) is 18.5 Å². The lowest BCUT2D eigenvalue weighted by molar-refractivity contribution is 0.463. The van der Waals surface area contributed by atoms with E-state index in [2.05, 4.69) is 39.2 Å². The lowest BCUT2D eigenvalue weighted by atomic mass is 10.1. The Kier molecular flexibility index (Phi) is 5.50. The van der Waals surface area contributed by atoms with Crippen molar-refractivity contribution in [3.8, 4) is 22.5 Å². The van der Waals surface area contributed by atoms with Gasteiger partial charge in [0.05, 0.1) is 5.69 Å². The Hall–Kier alpha value is -3.65. The number of piperazine rings is 1. The van der Waals surface area contributed by atoms with Gasteiger partial charge < -0.3 is 10.2 Å². The fourth-order valence-corrected chi connectivity index (χ4v) is 5.00. The molecule has 0 aliphatic carbocycles. The van der Waals surface area contributed by atoms with Crippen LogP contribution in [0.15, 0.2) is 61.3 Å². The zero-order valence-corrected chi connectivity index (χ0v) is 19.3. The summed E-state index contributed by atoms with van der Waals surface area (Å²) in [5.41, 5.74) is 4.82. The summed E-state index contributed by atoms with van der Waals surface area (Å²) in [6.07, 6.45) is 12.6. The summed E-state index contributed by atoms with van der Waals surface area (Å²) < 4.78 is 1.93. The van der Waals surface area contributed by atoms with E-state index in [4.69, 9.17) is 15.1 Å². The minimum Gasteiger partial charge on any atom is -0.353 e. The molecule has 0 spiro atoms. The first kappa shape index (κ1) is 20.9. The normalized spacial score (nSPS) is 19.5. The number of hydrogen-bond donors (Lipinski definition) is 1. The topological polar surface area (TPSA) is 84.7 Å². The summed E-state index contributed by atoms with van der Waals surface area (Å²) in [6, 6.07) is 11.4. The number of nitrogens with one attached hydrogen (secondary N) is 1. The lowest BCUT2D eigenvalue weighted by Gasteiger charge is -2.33. The van der Waals surface area contributed by atoms with Crippen LogP contribution < -0.4 is 10.2 Å². The standard InChI is InChI=1S/C26H28N8/c1-2-34-17-22(26(32-34)19-4-3-10-27-14-19)23-9-11-28-24(31-23)12-18-5-8-25(29-13-18)33-15-20-6-7-21(16-33)30-20/h3-5,8-11,13-14,17,20-21,30H,2,6-7,12,15-16H2,1H3. The minimum absolute atomic E-state index is 0.602. The molecule has 4 aromatic rings. The maximum Gasteiger partial charge on any atom is 0.133 e. The van der Waals surface area contributed by atoms with Crippen LogP contribution in [0.1, 0.15) is 31.2 Å². The summed E-state index contributed by atoms with van der Waals surface area (Å²) in [5, 5.41) is 8.43. The van der Waals surface area contributed by atoms with Crippen molar-refractivity contribution in [3.05, 3.63) is 72.7 Å². The molecule has 0 saturated carbocycles. The van der Waals surface area contributed by atoms with Crippen molar-refractivity contribution in [2.45, 2.75) is 44.8 Å². The van der Waals surface area contributed by atoms with E-state index in [1.807, 2.05) is 47.7 Å². The highest BCUT2D eigenvalue weighted by Gasteiger charge is 2.32. The number of aryl methyl sites for hydroxylation is 1. The zero-order chi connectivity index (χ0) is 22.9. The Balaban J connectivity index is 1.23. The van der Waals surface area contributed by atoms with Crippen LogP contribution in [-0.2, 0) is 13.0 Å². The summed E-state index contributed by atoms with van der Waals surface area (Å²) in [6.45, 7) is 4.95. The molecular formula is C26H28N8. The van der Waals surface area contributed by atoms with E-state index < -0.39 is 0 Å². The van der Waals surface area contributed by atoms with Crippen molar-refractivity contribution < 1.29 is 0 Å². The summed E-state index contributed by atoms with van der Waals surface area (Å²) in [5.74, 6) is 1.83. The third-order valence-corrected chi connectivity index (χ3v) is 6.71. The van der Waals surface area contributed by atoms with Crippen molar-refractivity contribution >= 4 is 5.82 Å². The molecular weight excluding hydrogens is 424 g/mol. The van der Waals surface area contributed by atoms with Gasteiger partial charge in [-0.2, -0.15) is 5.10 Å². The quantitative estimate of drug-likeness (QED) is 0.480. The molecule has 2 saturated heterocycles. The van der Waals surface area contributed by atoms with Gasteiger partial charge in [-0.15, -0.1) is 0 Å². The van der Waals surface area contributed by atoms with Crippen LogP contribution in [0.5, 0.6) is 0 Å². The molecule has 2 fully saturated rings.